The van der Waals surface area contributed by atoms with Crippen LogP contribution in [0.5, 0.6) is 0 Å². The summed E-state index contributed by atoms with van der Waals surface area (Å²) in [6.07, 6.45) is 1.67. The van der Waals surface area contributed by atoms with Gasteiger partial charge < -0.3 is 10.2 Å². The van der Waals surface area contributed by atoms with E-state index in [4.69, 9.17) is 10.2 Å². The minimum Gasteiger partial charge on any atom is -0.469 e. The summed E-state index contributed by atoms with van der Waals surface area (Å²) in [7, 11) is 0. The van der Waals surface area contributed by atoms with Crippen molar-refractivity contribution in [3.05, 3.63) is 24.2 Å². The molecule has 0 saturated heterocycles. The highest BCUT2D eigenvalue weighted by molar-refractivity contribution is 5.03. The lowest BCUT2D eigenvalue weighted by Crippen LogP contribution is -2.07. The summed E-state index contributed by atoms with van der Waals surface area (Å²) in [5.74, 6) is 1.32. The molecule has 2 N–H and O–H groups in total. The third kappa shape index (κ3) is 1.33. The zero-order valence-corrected chi connectivity index (χ0v) is 5.50. The molecule has 0 aliphatic heterocycles. The van der Waals surface area contributed by atoms with Crippen LogP contribution in [-0.4, -0.2) is 6.54 Å². The molecule has 2 nitrogen and oxygen atoms in total. The van der Waals surface area contributed by atoms with Crippen LogP contribution in [0.2, 0.25) is 0 Å². The Morgan fingerprint density at radius 1 is 1.78 bits per heavy atom. The summed E-state index contributed by atoms with van der Waals surface area (Å²) in [6.45, 7) is 2.69. The molecule has 1 atom stereocenters. The van der Waals surface area contributed by atoms with Crippen LogP contribution in [0, 0.1) is 0 Å². The zero-order chi connectivity index (χ0) is 6.69. The van der Waals surface area contributed by atoms with E-state index in [1.807, 2.05) is 19.1 Å². The summed E-state index contributed by atoms with van der Waals surface area (Å²) >= 11 is 0. The van der Waals surface area contributed by atoms with E-state index in [9.17, 15) is 0 Å². The largest absolute Gasteiger partial charge is 0.469 e. The summed E-state index contributed by atoms with van der Waals surface area (Å²) in [5.41, 5.74) is 5.40. The molecule has 1 aromatic heterocycles. The molecule has 1 aromatic rings. The Balaban J connectivity index is 2.65. The highest BCUT2D eigenvalue weighted by Crippen LogP contribution is 2.12. The summed E-state index contributed by atoms with van der Waals surface area (Å²) in [5, 5.41) is 0. The van der Waals surface area contributed by atoms with Gasteiger partial charge in [0.1, 0.15) is 5.76 Å². The second kappa shape index (κ2) is 2.69. The van der Waals surface area contributed by atoms with Gasteiger partial charge in [0.15, 0.2) is 0 Å². The zero-order valence-electron chi connectivity index (χ0n) is 5.50. The quantitative estimate of drug-likeness (QED) is 0.647. The van der Waals surface area contributed by atoms with Crippen LogP contribution in [0.1, 0.15) is 18.6 Å². The van der Waals surface area contributed by atoms with Crippen molar-refractivity contribution in [1.82, 2.24) is 0 Å². The van der Waals surface area contributed by atoms with E-state index < -0.39 is 0 Å². The van der Waals surface area contributed by atoms with E-state index in [0.29, 0.717) is 12.5 Å². The highest BCUT2D eigenvalue weighted by atomic mass is 16.3. The van der Waals surface area contributed by atoms with Gasteiger partial charge >= 0.3 is 0 Å². The highest BCUT2D eigenvalue weighted by Gasteiger charge is 2.03. The first-order chi connectivity index (χ1) is 4.34. The van der Waals surface area contributed by atoms with E-state index >= 15 is 0 Å². The molecule has 0 unspecified atom stereocenters. The first-order valence-electron chi connectivity index (χ1n) is 3.08. The van der Waals surface area contributed by atoms with Crippen LogP contribution < -0.4 is 5.73 Å². The van der Waals surface area contributed by atoms with E-state index in [1.165, 1.54) is 0 Å². The van der Waals surface area contributed by atoms with Gasteiger partial charge in [0, 0.05) is 12.5 Å². The Kier molecular flexibility index (Phi) is 1.90. The van der Waals surface area contributed by atoms with Crippen LogP contribution in [0.15, 0.2) is 22.8 Å². The molecular formula is C7H11NO. The maximum Gasteiger partial charge on any atom is 0.107 e. The Labute approximate surface area is 54.7 Å². The van der Waals surface area contributed by atoms with Crippen molar-refractivity contribution in [3.63, 3.8) is 0 Å². The average Bonchev–Trinajstić information content (AvgIpc) is 2.37. The monoisotopic (exact) mass is 125 g/mol. The SMILES string of the molecule is C[C@H](CN)c1ccco1. The van der Waals surface area contributed by atoms with Gasteiger partial charge in [0.2, 0.25) is 0 Å². The van der Waals surface area contributed by atoms with Crippen molar-refractivity contribution in [2.45, 2.75) is 12.8 Å². The smallest absolute Gasteiger partial charge is 0.107 e. The molecule has 0 saturated carbocycles. The summed E-state index contributed by atoms with van der Waals surface area (Å²) < 4.78 is 5.11. The average molecular weight is 125 g/mol. The predicted molar refractivity (Wildman–Crippen MR) is 36.2 cm³/mol. The standard InChI is InChI=1S/C7H11NO/c1-6(5-8)7-3-2-4-9-7/h2-4,6H,5,8H2,1H3/t6-/m1/s1. The molecule has 0 radical (unpaired) electrons. The van der Waals surface area contributed by atoms with E-state index in [2.05, 4.69) is 0 Å². The Bertz CT molecular complexity index is 157. The normalized spacial score (nSPS) is 13.6. The predicted octanol–water partition coefficient (Wildman–Crippen LogP) is 1.34. The lowest BCUT2D eigenvalue weighted by Gasteiger charge is -2.01. The molecule has 50 valence electrons. The molecule has 0 amide bonds. The number of hydrogen-bond donors (Lipinski definition) is 1. The van der Waals surface area contributed by atoms with E-state index in [1.54, 1.807) is 6.26 Å². The van der Waals surface area contributed by atoms with Crippen molar-refractivity contribution in [2.24, 2.45) is 5.73 Å². The van der Waals surface area contributed by atoms with Gasteiger partial charge in [-0.2, -0.15) is 0 Å². The second-order valence-corrected chi connectivity index (χ2v) is 2.15. The lowest BCUT2D eigenvalue weighted by atomic mass is 10.1. The third-order valence-electron chi connectivity index (χ3n) is 1.38. The second-order valence-electron chi connectivity index (χ2n) is 2.15. The first kappa shape index (κ1) is 6.36. The molecule has 0 fully saturated rings. The molecular weight excluding hydrogens is 114 g/mol. The van der Waals surface area contributed by atoms with Crippen molar-refractivity contribution in [3.8, 4) is 0 Å². The fraction of sp³-hybridized carbons (Fsp3) is 0.429. The van der Waals surface area contributed by atoms with Gasteiger partial charge in [-0.3, -0.25) is 0 Å². The van der Waals surface area contributed by atoms with Gasteiger partial charge in [0.25, 0.3) is 0 Å². The molecule has 2 heteroatoms. The van der Waals surface area contributed by atoms with Crippen molar-refractivity contribution >= 4 is 0 Å². The maximum absolute atomic E-state index is 5.40. The van der Waals surface area contributed by atoms with Crippen LogP contribution in [0.4, 0.5) is 0 Å². The van der Waals surface area contributed by atoms with Crippen molar-refractivity contribution < 1.29 is 4.42 Å². The van der Waals surface area contributed by atoms with Gasteiger partial charge in [0.05, 0.1) is 6.26 Å². The minimum absolute atomic E-state index is 0.347. The number of nitrogens with two attached hydrogens (primary N) is 1. The molecule has 0 spiro atoms. The van der Waals surface area contributed by atoms with E-state index in [0.717, 1.165) is 5.76 Å². The third-order valence-corrected chi connectivity index (χ3v) is 1.38. The first-order valence-corrected chi connectivity index (χ1v) is 3.08. The number of furan rings is 1. The van der Waals surface area contributed by atoms with Crippen LogP contribution in [0.3, 0.4) is 0 Å². The van der Waals surface area contributed by atoms with Crippen LogP contribution >= 0.6 is 0 Å². The molecule has 9 heavy (non-hydrogen) atoms. The molecule has 0 aliphatic rings. The van der Waals surface area contributed by atoms with Gasteiger partial charge in [-0.15, -0.1) is 0 Å². The molecule has 1 rings (SSSR count). The van der Waals surface area contributed by atoms with Gasteiger partial charge in [-0.05, 0) is 12.1 Å². The number of hydrogen-bond acceptors (Lipinski definition) is 2. The molecule has 0 aromatic carbocycles. The van der Waals surface area contributed by atoms with Crippen molar-refractivity contribution in [2.75, 3.05) is 6.54 Å². The number of rotatable bonds is 2. The fourth-order valence-electron chi connectivity index (χ4n) is 0.688. The Hall–Kier alpha value is -0.760. The van der Waals surface area contributed by atoms with Gasteiger partial charge in [-0.1, -0.05) is 6.92 Å². The topological polar surface area (TPSA) is 39.2 Å². The van der Waals surface area contributed by atoms with Crippen molar-refractivity contribution in [1.29, 1.82) is 0 Å². The summed E-state index contributed by atoms with van der Waals surface area (Å²) in [4.78, 5) is 0. The Morgan fingerprint density at radius 3 is 3.00 bits per heavy atom. The van der Waals surface area contributed by atoms with E-state index in [-0.39, 0.29) is 0 Å². The minimum atomic E-state index is 0.347. The maximum atomic E-state index is 5.40. The molecule has 0 bridgehead atoms. The summed E-state index contributed by atoms with van der Waals surface area (Å²) in [6, 6.07) is 3.82. The lowest BCUT2D eigenvalue weighted by molar-refractivity contribution is 0.477. The van der Waals surface area contributed by atoms with Crippen LogP contribution in [-0.2, 0) is 0 Å². The van der Waals surface area contributed by atoms with Gasteiger partial charge in [-0.25, -0.2) is 0 Å². The van der Waals surface area contributed by atoms with Crippen LogP contribution in [0.25, 0.3) is 0 Å². The molecule has 1 heterocycles. The molecule has 0 aliphatic carbocycles. The fourth-order valence-corrected chi connectivity index (χ4v) is 0.688. The Morgan fingerprint density at radius 2 is 2.56 bits per heavy atom.